The average Bonchev–Trinajstić information content (AvgIpc) is 2.78. The largest absolute Gasteiger partial charge is 0.382 e. The Balaban J connectivity index is 2.24. The van der Waals surface area contributed by atoms with Gasteiger partial charge in [-0.2, -0.15) is 5.10 Å². The van der Waals surface area contributed by atoms with Crippen LogP contribution in [0.1, 0.15) is 11.5 Å². The monoisotopic (exact) mass is 241 g/mol. The van der Waals surface area contributed by atoms with Gasteiger partial charge in [0.05, 0.1) is 11.0 Å². The summed E-state index contributed by atoms with van der Waals surface area (Å²) in [5.74, 6) is 1.48. The van der Waals surface area contributed by atoms with Gasteiger partial charge < -0.3 is 10.7 Å². The SMILES string of the molecule is Cc1nc2ccc(-c3c(N)nn(C)c3C)cc2[nH]1. The molecule has 0 amide bonds. The van der Waals surface area contributed by atoms with Crippen molar-refractivity contribution < 1.29 is 0 Å². The maximum atomic E-state index is 5.97. The molecule has 0 saturated heterocycles. The van der Waals surface area contributed by atoms with Gasteiger partial charge in [0, 0.05) is 18.3 Å². The van der Waals surface area contributed by atoms with E-state index in [-0.39, 0.29) is 0 Å². The Hall–Kier alpha value is -2.30. The van der Waals surface area contributed by atoms with E-state index < -0.39 is 0 Å². The number of hydrogen-bond donors (Lipinski definition) is 2. The Morgan fingerprint density at radius 2 is 2.06 bits per heavy atom. The number of nitrogens with one attached hydrogen (secondary N) is 1. The van der Waals surface area contributed by atoms with E-state index >= 15 is 0 Å². The van der Waals surface area contributed by atoms with Crippen LogP contribution in [0, 0.1) is 13.8 Å². The predicted molar refractivity (Wildman–Crippen MR) is 72.2 cm³/mol. The van der Waals surface area contributed by atoms with E-state index in [1.54, 1.807) is 4.68 Å². The highest BCUT2D eigenvalue weighted by Crippen LogP contribution is 2.30. The minimum Gasteiger partial charge on any atom is -0.382 e. The molecule has 3 N–H and O–H groups in total. The van der Waals surface area contributed by atoms with Crippen LogP contribution in [-0.4, -0.2) is 19.7 Å². The first-order chi connectivity index (χ1) is 8.56. The fourth-order valence-corrected chi connectivity index (χ4v) is 2.28. The highest BCUT2D eigenvalue weighted by molar-refractivity contribution is 5.85. The minimum absolute atomic E-state index is 0.561. The summed E-state index contributed by atoms with van der Waals surface area (Å²) in [6.45, 7) is 3.96. The van der Waals surface area contributed by atoms with Gasteiger partial charge in [0.25, 0.3) is 0 Å². The lowest BCUT2D eigenvalue weighted by atomic mass is 10.1. The first kappa shape index (κ1) is 10.8. The molecule has 0 aliphatic rings. The predicted octanol–water partition coefficient (Wildman–Crippen LogP) is 2.16. The Morgan fingerprint density at radius 3 is 2.72 bits per heavy atom. The third-order valence-corrected chi connectivity index (χ3v) is 3.25. The Morgan fingerprint density at radius 1 is 1.28 bits per heavy atom. The van der Waals surface area contributed by atoms with Crippen molar-refractivity contribution >= 4 is 16.9 Å². The molecule has 3 aromatic rings. The zero-order valence-electron chi connectivity index (χ0n) is 10.7. The van der Waals surface area contributed by atoms with Crippen LogP contribution in [0.15, 0.2) is 18.2 Å². The van der Waals surface area contributed by atoms with Crippen LogP contribution in [-0.2, 0) is 7.05 Å². The molecule has 0 unspecified atom stereocenters. The maximum absolute atomic E-state index is 5.97. The number of imidazole rings is 1. The lowest BCUT2D eigenvalue weighted by Crippen LogP contribution is -1.93. The van der Waals surface area contributed by atoms with Gasteiger partial charge in [-0.05, 0) is 31.5 Å². The molecule has 0 aliphatic carbocycles. The summed E-state index contributed by atoms with van der Waals surface area (Å²) < 4.78 is 1.80. The van der Waals surface area contributed by atoms with Crippen molar-refractivity contribution in [1.29, 1.82) is 0 Å². The zero-order chi connectivity index (χ0) is 12.9. The number of nitrogen functional groups attached to an aromatic ring is 1. The molecular weight excluding hydrogens is 226 g/mol. The van der Waals surface area contributed by atoms with Crippen molar-refractivity contribution in [2.24, 2.45) is 7.05 Å². The molecule has 0 saturated carbocycles. The molecule has 3 rings (SSSR count). The van der Waals surface area contributed by atoms with E-state index in [0.717, 1.165) is 33.7 Å². The second-order valence-corrected chi connectivity index (χ2v) is 4.52. The second kappa shape index (κ2) is 3.60. The number of anilines is 1. The number of aryl methyl sites for hydroxylation is 2. The van der Waals surface area contributed by atoms with Crippen molar-refractivity contribution in [3.63, 3.8) is 0 Å². The van der Waals surface area contributed by atoms with Crippen LogP contribution >= 0.6 is 0 Å². The van der Waals surface area contributed by atoms with Gasteiger partial charge in [-0.3, -0.25) is 4.68 Å². The maximum Gasteiger partial charge on any atom is 0.153 e. The normalized spacial score (nSPS) is 11.3. The van der Waals surface area contributed by atoms with Crippen LogP contribution in [0.5, 0.6) is 0 Å². The van der Waals surface area contributed by atoms with E-state index in [0.29, 0.717) is 5.82 Å². The fourth-order valence-electron chi connectivity index (χ4n) is 2.28. The van der Waals surface area contributed by atoms with Crippen molar-refractivity contribution in [3.8, 4) is 11.1 Å². The number of aromatic nitrogens is 4. The van der Waals surface area contributed by atoms with Crippen LogP contribution < -0.4 is 5.73 Å². The molecule has 18 heavy (non-hydrogen) atoms. The van der Waals surface area contributed by atoms with Crippen molar-refractivity contribution in [3.05, 3.63) is 29.7 Å². The number of aromatic amines is 1. The highest BCUT2D eigenvalue weighted by Gasteiger charge is 2.13. The second-order valence-electron chi connectivity index (χ2n) is 4.52. The third kappa shape index (κ3) is 1.48. The number of nitrogens with two attached hydrogens (primary N) is 1. The summed E-state index contributed by atoms with van der Waals surface area (Å²) in [5.41, 5.74) is 11.1. The summed E-state index contributed by atoms with van der Waals surface area (Å²) in [4.78, 5) is 7.63. The number of benzene rings is 1. The quantitative estimate of drug-likeness (QED) is 0.685. The molecule has 0 radical (unpaired) electrons. The van der Waals surface area contributed by atoms with Gasteiger partial charge in [-0.15, -0.1) is 0 Å². The number of nitrogens with zero attached hydrogens (tertiary/aromatic N) is 3. The van der Waals surface area contributed by atoms with E-state index in [9.17, 15) is 0 Å². The minimum atomic E-state index is 0.561. The number of hydrogen-bond acceptors (Lipinski definition) is 3. The van der Waals surface area contributed by atoms with Crippen molar-refractivity contribution in [1.82, 2.24) is 19.7 Å². The third-order valence-electron chi connectivity index (χ3n) is 3.25. The summed E-state index contributed by atoms with van der Waals surface area (Å²) >= 11 is 0. The summed E-state index contributed by atoms with van der Waals surface area (Å²) in [7, 11) is 1.90. The van der Waals surface area contributed by atoms with E-state index in [2.05, 4.69) is 21.1 Å². The van der Waals surface area contributed by atoms with Crippen molar-refractivity contribution in [2.75, 3.05) is 5.73 Å². The number of H-pyrrole nitrogens is 1. The standard InChI is InChI=1S/C13H15N5/c1-7-12(13(14)17-18(7)3)9-4-5-10-11(6-9)16-8(2)15-10/h4-6H,1-3H3,(H2,14,17)(H,15,16). The molecule has 0 atom stereocenters. The average molecular weight is 241 g/mol. The molecule has 0 spiro atoms. The van der Waals surface area contributed by atoms with Crippen LogP contribution in [0.2, 0.25) is 0 Å². The molecule has 2 heterocycles. The molecule has 0 aliphatic heterocycles. The van der Waals surface area contributed by atoms with E-state index in [1.807, 2.05) is 33.0 Å². The molecule has 5 nitrogen and oxygen atoms in total. The van der Waals surface area contributed by atoms with E-state index in [1.165, 1.54) is 0 Å². The lowest BCUT2D eigenvalue weighted by molar-refractivity contribution is 0.744. The summed E-state index contributed by atoms with van der Waals surface area (Å²) in [6.07, 6.45) is 0. The van der Waals surface area contributed by atoms with Crippen LogP contribution in [0.25, 0.3) is 22.2 Å². The van der Waals surface area contributed by atoms with Gasteiger partial charge >= 0.3 is 0 Å². The topological polar surface area (TPSA) is 72.5 Å². The molecule has 1 aromatic carbocycles. The van der Waals surface area contributed by atoms with Gasteiger partial charge in [0.1, 0.15) is 5.82 Å². The van der Waals surface area contributed by atoms with Gasteiger partial charge in [0.15, 0.2) is 5.82 Å². The molecule has 0 bridgehead atoms. The highest BCUT2D eigenvalue weighted by atomic mass is 15.3. The van der Waals surface area contributed by atoms with Crippen LogP contribution in [0.3, 0.4) is 0 Å². The van der Waals surface area contributed by atoms with Gasteiger partial charge in [0.2, 0.25) is 0 Å². The smallest absolute Gasteiger partial charge is 0.153 e. The lowest BCUT2D eigenvalue weighted by Gasteiger charge is -2.02. The Bertz CT molecular complexity index is 735. The first-order valence-corrected chi connectivity index (χ1v) is 5.82. The fraction of sp³-hybridized carbons (Fsp3) is 0.231. The van der Waals surface area contributed by atoms with Crippen molar-refractivity contribution in [2.45, 2.75) is 13.8 Å². The Kier molecular flexibility index (Phi) is 2.16. The van der Waals surface area contributed by atoms with E-state index in [4.69, 9.17) is 5.73 Å². The van der Waals surface area contributed by atoms with Gasteiger partial charge in [-0.25, -0.2) is 4.98 Å². The Labute approximate surface area is 105 Å². The molecule has 0 fully saturated rings. The summed E-state index contributed by atoms with van der Waals surface area (Å²) in [5, 5.41) is 4.24. The zero-order valence-corrected chi connectivity index (χ0v) is 10.7. The molecular formula is C13H15N5. The van der Waals surface area contributed by atoms with Crippen LogP contribution in [0.4, 0.5) is 5.82 Å². The number of rotatable bonds is 1. The summed E-state index contributed by atoms with van der Waals surface area (Å²) in [6, 6.07) is 6.10. The molecule has 5 heteroatoms. The molecule has 92 valence electrons. The first-order valence-electron chi connectivity index (χ1n) is 5.82. The van der Waals surface area contributed by atoms with Gasteiger partial charge in [-0.1, -0.05) is 6.07 Å². The number of fused-ring (bicyclic) bond motifs is 1. The molecule has 2 aromatic heterocycles.